The number of benzene rings is 2. The number of carbonyl (C=O) groups is 2. The topological polar surface area (TPSA) is 142 Å². The molecule has 0 fully saturated rings. The molecule has 0 aliphatic heterocycles. The second-order valence-corrected chi connectivity index (χ2v) is 7.35. The quantitative estimate of drug-likeness (QED) is 0.186. The average molecular weight is 504 g/mol. The van der Waals surface area contributed by atoms with E-state index in [1.807, 2.05) is 0 Å². The van der Waals surface area contributed by atoms with E-state index in [9.17, 15) is 29.8 Å². The van der Waals surface area contributed by atoms with E-state index in [-0.39, 0.29) is 77.0 Å². The molecule has 1 heterocycles. The number of ether oxygens (including phenoxy) is 2. The Labute approximate surface area is 226 Å². The molecule has 1 aromatic heterocycles. The number of nitro groups is 1. The van der Waals surface area contributed by atoms with Gasteiger partial charge in [0.1, 0.15) is 11.4 Å². The Hall–Kier alpha value is -3.59. The summed E-state index contributed by atoms with van der Waals surface area (Å²) in [5.74, 6) is -4.41. The Morgan fingerprint density at radius 2 is 1.81 bits per heavy atom. The Balaban J connectivity index is 0.00000456. The van der Waals surface area contributed by atoms with Crippen molar-refractivity contribution in [2.45, 2.75) is 26.3 Å². The number of nitriles is 1. The van der Waals surface area contributed by atoms with Crippen LogP contribution in [0.15, 0.2) is 47.4 Å². The van der Waals surface area contributed by atoms with Gasteiger partial charge in [-0.25, -0.2) is 9.18 Å². The van der Waals surface area contributed by atoms with Crippen LogP contribution in [0.25, 0.3) is 10.9 Å². The third-order valence-electron chi connectivity index (χ3n) is 5.16. The number of non-ortho nitro benzene ring substituents is 1. The monoisotopic (exact) mass is 504 g/mol. The van der Waals surface area contributed by atoms with Gasteiger partial charge in [0.15, 0.2) is 5.92 Å². The average Bonchev–Trinajstić information content (AvgIpc) is 2.82. The van der Waals surface area contributed by atoms with Crippen LogP contribution in [-0.2, 0) is 20.8 Å². The maximum Gasteiger partial charge on any atom is 1.00 e. The van der Waals surface area contributed by atoms with Gasteiger partial charge >= 0.3 is 41.5 Å². The van der Waals surface area contributed by atoms with Gasteiger partial charge in [0.2, 0.25) is 5.43 Å². The van der Waals surface area contributed by atoms with Crippen molar-refractivity contribution in [1.29, 1.82) is 5.26 Å². The first-order valence-corrected chi connectivity index (χ1v) is 10.5. The molecule has 10 nitrogen and oxygen atoms in total. The molecule has 2 aromatic carbocycles. The van der Waals surface area contributed by atoms with Gasteiger partial charge in [0.25, 0.3) is 5.69 Å². The van der Waals surface area contributed by atoms with Gasteiger partial charge in [-0.2, -0.15) is 5.26 Å². The summed E-state index contributed by atoms with van der Waals surface area (Å²) in [7, 11) is 0. The van der Waals surface area contributed by atoms with Crippen molar-refractivity contribution in [3.05, 3.63) is 85.4 Å². The molecule has 12 heteroatoms. The van der Waals surface area contributed by atoms with Crippen LogP contribution < -0.4 is 35.0 Å². The van der Waals surface area contributed by atoms with Crippen molar-refractivity contribution in [2.75, 3.05) is 13.2 Å². The zero-order valence-electron chi connectivity index (χ0n) is 19.8. The number of hydrogen-bond donors (Lipinski definition) is 0. The summed E-state index contributed by atoms with van der Waals surface area (Å²) >= 11 is 0. The molecule has 1 atom stereocenters. The number of esters is 2. The molecule has 0 bridgehead atoms. The third-order valence-corrected chi connectivity index (χ3v) is 5.16. The Kier molecular flexibility index (Phi) is 9.86. The van der Waals surface area contributed by atoms with E-state index in [4.69, 9.17) is 9.47 Å². The van der Waals surface area contributed by atoms with Crippen molar-refractivity contribution >= 4 is 28.5 Å². The Morgan fingerprint density at radius 1 is 1.17 bits per heavy atom. The number of rotatable bonds is 8. The molecule has 0 N–H and O–H groups in total. The van der Waals surface area contributed by atoms with Gasteiger partial charge in [-0.3, -0.25) is 19.7 Å². The smallest absolute Gasteiger partial charge is 0.465 e. The van der Waals surface area contributed by atoms with Gasteiger partial charge in [0, 0.05) is 35.8 Å². The SMILES string of the molecule is CCOC(=O)c1cn(Cc2ccc([N+](=O)[O-])cc2)c2cc(C(C#N)C(=O)OCC)c(F)cc2c1=O.[Na+]. The number of nitro benzene ring substituents is 1. The number of fused-ring (bicyclic) bond motifs is 1. The Morgan fingerprint density at radius 3 is 2.36 bits per heavy atom. The molecular weight excluding hydrogens is 484 g/mol. The number of pyridine rings is 1. The molecule has 36 heavy (non-hydrogen) atoms. The predicted octanol–water partition coefficient (Wildman–Crippen LogP) is 0.448. The van der Waals surface area contributed by atoms with Gasteiger partial charge in [-0.1, -0.05) is 12.1 Å². The van der Waals surface area contributed by atoms with Gasteiger partial charge in [-0.05, 0) is 31.5 Å². The van der Waals surface area contributed by atoms with E-state index < -0.39 is 34.0 Å². The maximum absolute atomic E-state index is 15.0. The standard InChI is InChI=1S/C24H20FN3O7.Na/c1-3-34-23(30)18(11-26)16-10-21-17(9-20(16)25)22(29)19(24(31)35-4-2)13-27(21)12-14-5-7-15(8-6-14)28(32)33;/h5-10,13,18H,3-4,12H2,1-2H3;/q;+1. The minimum Gasteiger partial charge on any atom is -0.465 e. The summed E-state index contributed by atoms with van der Waals surface area (Å²) in [5.41, 5.74) is -0.824. The molecule has 3 rings (SSSR count). The summed E-state index contributed by atoms with van der Waals surface area (Å²) in [6.45, 7) is 3.14. The van der Waals surface area contributed by atoms with Crippen molar-refractivity contribution in [3.63, 3.8) is 0 Å². The van der Waals surface area contributed by atoms with Crippen LogP contribution in [0, 0.1) is 27.3 Å². The summed E-state index contributed by atoms with van der Waals surface area (Å²) < 4.78 is 26.3. The number of aromatic nitrogens is 1. The van der Waals surface area contributed by atoms with E-state index in [0.29, 0.717) is 5.56 Å². The van der Waals surface area contributed by atoms with Gasteiger partial charge < -0.3 is 14.0 Å². The summed E-state index contributed by atoms with van der Waals surface area (Å²) in [4.78, 5) is 48.0. The molecule has 0 spiro atoms. The molecule has 3 aromatic rings. The summed E-state index contributed by atoms with van der Waals surface area (Å²) in [6, 6.07) is 9.35. The third kappa shape index (κ3) is 5.96. The van der Waals surface area contributed by atoms with E-state index >= 15 is 4.39 Å². The minimum atomic E-state index is -1.58. The summed E-state index contributed by atoms with van der Waals surface area (Å²) in [5, 5.41) is 20.3. The van der Waals surface area contributed by atoms with Crippen LogP contribution >= 0.6 is 0 Å². The molecular formula is C24H20FN3NaO7+. The normalized spacial score (nSPS) is 11.2. The zero-order valence-corrected chi connectivity index (χ0v) is 21.8. The van der Waals surface area contributed by atoms with Crippen LogP contribution in [-0.4, -0.2) is 34.6 Å². The fourth-order valence-electron chi connectivity index (χ4n) is 3.53. The van der Waals surface area contributed by atoms with Crippen molar-refractivity contribution in [1.82, 2.24) is 4.57 Å². The zero-order chi connectivity index (χ0) is 25.7. The Bertz CT molecular complexity index is 1410. The number of hydrogen-bond acceptors (Lipinski definition) is 8. The molecule has 0 aliphatic carbocycles. The number of halogens is 1. The van der Waals surface area contributed by atoms with E-state index in [1.54, 1.807) is 19.9 Å². The molecule has 0 amide bonds. The van der Waals surface area contributed by atoms with Crippen LogP contribution in [0.3, 0.4) is 0 Å². The van der Waals surface area contributed by atoms with E-state index in [0.717, 1.165) is 6.07 Å². The van der Waals surface area contributed by atoms with Crippen LogP contribution in [0.4, 0.5) is 10.1 Å². The molecule has 0 aliphatic rings. The first-order valence-electron chi connectivity index (χ1n) is 10.5. The van der Waals surface area contributed by atoms with Crippen LogP contribution in [0.2, 0.25) is 0 Å². The van der Waals surface area contributed by atoms with Gasteiger partial charge in [-0.15, -0.1) is 0 Å². The van der Waals surface area contributed by atoms with Crippen molar-refractivity contribution in [3.8, 4) is 6.07 Å². The molecule has 1 unspecified atom stereocenters. The second-order valence-electron chi connectivity index (χ2n) is 7.35. The maximum atomic E-state index is 15.0. The fourth-order valence-corrected chi connectivity index (χ4v) is 3.53. The van der Waals surface area contributed by atoms with Crippen LogP contribution in [0.1, 0.15) is 41.3 Å². The van der Waals surface area contributed by atoms with Crippen LogP contribution in [0.5, 0.6) is 0 Å². The van der Waals surface area contributed by atoms with E-state index in [2.05, 4.69) is 0 Å². The number of nitrogens with zero attached hydrogens (tertiary/aromatic N) is 3. The van der Waals surface area contributed by atoms with Gasteiger partial charge in [0.05, 0.1) is 29.7 Å². The molecule has 180 valence electrons. The fraction of sp³-hybridized carbons (Fsp3) is 0.250. The van der Waals surface area contributed by atoms with Crippen molar-refractivity contribution in [2.24, 2.45) is 0 Å². The first kappa shape index (κ1) is 28.6. The predicted molar refractivity (Wildman–Crippen MR) is 121 cm³/mol. The van der Waals surface area contributed by atoms with E-state index in [1.165, 1.54) is 41.1 Å². The largest absolute Gasteiger partial charge is 1.00 e. The molecule has 0 saturated heterocycles. The minimum absolute atomic E-state index is 0. The van der Waals surface area contributed by atoms with Crippen molar-refractivity contribution < 1.29 is 57.9 Å². The number of carbonyl (C=O) groups excluding carboxylic acids is 2. The summed E-state index contributed by atoms with van der Waals surface area (Å²) in [6.07, 6.45) is 1.23. The second kappa shape index (κ2) is 12.4. The molecule has 0 radical (unpaired) electrons. The molecule has 0 saturated carbocycles. The first-order chi connectivity index (χ1) is 16.7.